The second-order valence-corrected chi connectivity index (χ2v) is 7.08. The van der Waals surface area contributed by atoms with Crippen LogP contribution in [0.5, 0.6) is 0 Å². The fourth-order valence-corrected chi connectivity index (χ4v) is 3.80. The first kappa shape index (κ1) is 14.9. The number of rotatable bonds is 6. The lowest BCUT2D eigenvalue weighted by atomic mass is 10.1. The smallest absolute Gasteiger partial charge is 0.319 e. The van der Waals surface area contributed by atoms with Crippen LogP contribution in [0.3, 0.4) is 0 Å². The van der Waals surface area contributed by atoms with Crippen molar-refractivity contribution in [3.8, 4) is 0 Å². The number of carboxylic acids is 1. The first-order chi connectivity index (χ1) is 9.56. The van der Waals surface area contributed by atoms with Gasteiger partial charge in [-0.3, -0.25) is 9.00 Å². The number of hydrogen-bond donors (Lipinski definition) is 1. The van der Waals surface area contributed by atoms with E-state index in [1.165, 1.54) is 11.3 Å². The summed E-state index contributed by atoms with van der Waals surface area (Å²) in [6.07, 6.45) is 0.270. The Labute approximate surface area is 124 Å². The van der Waals surface area contributed by atoms with Crippen LogP contribution >= 0.6 is 11.3 Å². The van der Waals surface area contributed by atoms with Gasteiger partial charge in [0.2, 0.25) is 0 Å². The average Bonchev–Trinajstić information content (AvgIpc) is 2.82. The van der Waals surface area contributed by atoms with E-state index in [2.05, 4.69) is 4.98 Å². The van der Waals surface area contributed by atoms with Gasteiger partial charge in [-0.2, -0.15) is 0 Å². The minimum Gasteiger partial charge on any atom is -0.480 e. The molecule has 1 N–H and O–H groups in total. The third-order valence-electron chi connectivity index (χ3n) is 2.81. The maximum atomic E-state index is 12.3. The molecule has 2 unspecified atom stereocenters. The van der Waals surface area contributed by atoms with E-state index >= 15 is 0 Å². The number of aryl methyl sites for hydroxylation is 1. The maximum Gasteiger partial charge on any atom is 0.319 e. The average molecular weight is 309 g/mol. The second kappa shape index (κ2) is 6.76. The van der Waals surface area contributed by atoms with E-state index in [1.807, 2.05) is 42.6 Å². The second-order valence-electron chi connectivity index (χ2n) is 4.40. The number of carbonyl (C=O) groups is 1. The molecule has 20 heavy (non-hydrogen) atoms. The lowest BCUT2D eigenvalue weighted by Crippen LogP contribution is -2.29. The number of aliphatic carboxylic acids is 1. The molecule has 1 aromatic carbocycles. The molecule has 0 saturated carbocycles. The normalized spacial score (nSPS) is 13.8. The van der Waals surface area contributed by atoms with Crippen LogP contribution in [0.15, 0.2) is 35.7 Å². The minimum absolute atomic E-state index is 0.189. The van der Waals surface area contributed by atoms with Crippen LogP contribution in [0, 0.1) is 6.92 Å². The van der Waals surface area contributed by atoms with Crippen molar-refractivity contribution in [3.63, 3.8) is 0 Å². The molecule has 2 rings (SSSR count). The van der Waals surface area contributed by atoms with Crippen LogP contribution < -0.4 is 0 Å². The minimum atomic E-state index is -1.48. The molecule has 4 nitrogen and oxygen atoms in total. The van der Waals surface area contributed by atoms with Crippen LogP contribution in [-0.2, 0) is 27.8 Å². The monoisotopic (exact) mass is 309 g/mol. The van der Waals surface area contributed by atoms with E-state index in [9.17, 15) is 14.1 Å². The summed E-state index contributed by atoms with van der Waals surface area (Å²) in [6, 6.07) is 9.26. The van der Waals surface area contributed by atoms with Gasteiger partial charge in [-0.15, -0.1) is 11.3 Å². The van der Waals surface area contributed by atoms with Gasteiger partial charge in [0.25, 0.3) is 0 Å². The zero-order chi connectivity index (χ0) is 14.5. The van der Waals surface area contributed by atoms with Crippen LogP contribution in [0.2, 0.25) is 0 Å². The Balaban J connectivity index is 2.08. The molecule has 1 heterocycles. The largest absolute Gasteiger partial charge is 0.480 e. The van der Waals surface area contributed by atoms with Gasteiger partial charge < -0.3 is 5.11 Å². The lowest BCUT2D eigenvalue weighted by Gasteiger charge is -2.11. The molecule has 6 heteroatoms. The Kier molecular flexibility index (Phi) is 5.03. The summed E-state index contributed by atoms with van der Waals surface area (Å²) in [5.74, 6) is -0.840. The van der Waals surface area contributed by atoms with Crippen molar-refractivity contribution in [1.82, 2.24) is 4.98 Å². The molecule has 0 spiro atoms. The SMILES string of the molecule is Cc1nc(CS(=O)C(Cc2ccccc2)C(=O)O)cs1. The van der Waals surface area contributed by atoms with Crippen molar-refractivity contribution in [1.29, 1.82) is 0 Å². The highest BCUT2D eigenvalue weighted by Gasteiger charge is 2.25. The zero-order valence-electron chi connectivity index (χ0n) is 11.0. The molecule has 2 aromatic rings. The van der Waals surface area contributed by atoms with Gasteiger partial charge in [0.1, 0.15) is 5.25 Å². The van der Waals surface area contributed by atoms with Gasteiger partial charge in [0.15, 0.2) is 0 Å². The Morgan fingerprint density at radius 1 is 1.40 bits per heavy atom. The molecule has 2 atom stereocenters. The van der Waals surface area contributed by atoms with E-state index in [4.69, 9.17) is 0 Å². The van der Waals surface area contributed by atoms with Crippen LogP contribution in [0.4, 0.5) is 0 Å². The number of benzene rings is 1. The summed E-state index contributed by atoms with van der Waals surface area (Å²) in [4.78, 5) is 15.6. The van der Waals surface area contributed by atoms with Gasteiger partial charge in [-0.25, -0.2) is 4.98 Å². The Bertz CT molecular complexity index is 610. The third-order valence-corrected chi connectivity index (χ3v) is 5.22. The Morgan fingerprint density at radius 3 is 2.65 bits per heavy atom. The first-order valence-corrected chi connectivity index (χ1v) is 8.37. The molecule has 0 radical (unpaired) electrons. The highest BCUT2D eigenvalue weighted by Crippen LogP contribution is 2.15. The third kappa shape index (κ3) is 3.98. The molecule has 0 fully saturated rings. The highest BCUT2D eigenvalue weighted by molar-refractivity contribution is 7.85. The zero-order valence-corrected chi connectivity index (χ0v) is 12.6. The van der Waals surface area contributed by atoms with Crippen molar-refractivity contribution in [2.45, 2.75) is 24.3 Å². The molecule has 0 aliphatic heterocycles. The van der Waals surface area contributed by atoms with Crippen LogP contribution in [-0.4, -0.2) is 25.5 Å². The van der Waals surface area contributed by atoms with E-state index in [1.54, 1.807) is 0 Å². The Morgan fingerprint density at radius 2 is 2.10 bits per heavy atom. The number of carboxylic acid groups (broad SMARTS) is 1. The highest BCUT2D eigenvalue weighted by atomic mass is 32.2. The van der Waals surface area contributed by atoms with Crippen molar-refractivity contribution >= 4 is 28.1 Å². The summed E-state index contributed by atoms with van der Waals surface area (Å²) >= 11 is 1.48. The standard InChI is InChI=1S/C14H15NO3S2/c1-10-15-12(8-19-10)9-20(18)13(14(16)17)7-11-5-3-2-4-6-11/h2-6,8,13H,7,9H2,1H3,(H,16,17). The first-order valence-electron chi connectivity index (χ1n) is 6.11. The van der Waals surface area contributed by atoms with Crippen molar-refractivity contribution in [3.05, 3.63) is 52.0 Å². The quantitative estimate of drug-likeness (QED) is 0.889. The fourth-order valence-electron chi connectivity index (χ4n) is 1.84. The number of aromatic nitrogens is 1. The molecule has 0 aliphatic rings. The van der Waals surface area contributed by atoms with E-state index < -0.39 is 22.0 Å². The summed E-state index contributed by atoms with van der Waals surface area (Å²) in [5.41, 5.74) is 1.58. The maximum absolute atomic E-state index is 12.3. The molecule has 0 saturated heterocycles. The molecule has 1 aromatic heterocycles. The van der Waals surface area contributed by atoms with Crippen molar-refractivity contribution < 1.29 is 14.1 Å². The van der Waals surface area contributed by atoms with Gasteiger partial charge in [0, 0.05) is 16.2 Å². The molecule has 0 aliphatic carbocycles. The summed E-state index contributed by atoms with van der Waals surface area (Å²) in [5, 5.41) is 11.1. The predicted octanol–water partition coefficient (Wildman–Crippen LogP) is 2.40. The molecule has 0 bridgehead atoms. The number of hydrogen-bond acceptors (Lipinski definition) is 4. The van der Waals surface area contributed by atoms with Crippen molar-refractivity contribution in [2.24, 2.45) is 0 Å². The van der Waals surface area contributed by atoms with E-state index in [0.29, 0.717) is 5.69 Å². The number of nitrogens with zero attached hydrogens (tertiary/aromatic N) is 1. The number of thiazole rings is 1. The van der Waals surface area contributed by atoms with Crippen molar-refractivity contribution in [2.75, 3.05) is 0 Å². The summed E-state index contributed by atoms with van der Waals surface area (Å²) < 4.78 is 12.3. The lowest BCUT2D eigenvalue weighted by molar-refractivity contribution is -0.136. The molecule has 106 valence electrons. The fraction of sp³-hybridized carbons (Fsp3) is 0.286. The molecular formula is C14H15NO3S2. The van der Waals surface area contributed by atoms with Crippen LogP contribution in [0.25, 0.3) is 0 Å². The predicted molar refractivity (Wildman–Crippen MR) is 80.3 cm³/mol. The van der Waals surface area contributed by atoms with Gasteiger partial charge >= 0.3 is 5.97 Å². The van der Waals surface area contributed by atoms with Gasteiger partial charge in [-0.05, 0) is 18.9 Å². The summed E-state index contributed by atoms with van der Waals surface area (Å²) in [7, 11) is -1.48. The van der Waals surface area contributed by atoms with Gasteiger partial charge in [0.05, 0.1) is 16.5 Å². The van der Waals surface area contributed by atoms with Gasteiger partial charge in [-0.1, -0.05) is 30.3 Å². The van der Waals surface area contributed by atoms with E-state index in [-0.39, 0.29) is 12.2 Å². The van der Waals surface area contributed by atoms with E-state index in [0.717, 1.165) is 10.6 Å². The summed E-state index contributed by atoms with van der Waals surface area (Å²) in [6.45, 7) is 1.87. The molecule has 0 amide bonds. The van der Waals surface area contributed by atoms with Crippen LogP contribution in [0.1, 0.15) is 16.3 Å². The Hall–Kier alpha value is -1.53. The topological polar surface area (TPSA) is 67.3 Å². The molecular weight excluding hydrogens is 294 g/mol.